The summed E-state index contributed by atoms with van der Waals surface area (Å²) in [6.07, 6.45) is 0.594. The minimum absolute atomic E-state index is 0.126. The zero-order valence-corrected chi connectivity index (χ0v) is 6.32. The average molecular weight is 159 g/mol. The second-order valence-corrected chi connectivity index (χ2v) is 2.78. The number of cyclic esters (lactones) is 1. The minimum Gasteiger partial charge on any atom is -0.462 e. The van der Waals surface area contributed by atoms with Crippen molar-refractivity contribution in [2.45, 2.75) is 31.5 Å². The summed E-state index contributed by atoms with van der Waals surface area (Å²) in [5.74, 6) is -0.317. The topological polar surface area (TPSA) is 72.5 Å². The van der Waals surface area contributed by atoms with Gasteiger partial charge in [-0.1, -0.05) is 0 Å². The lowest BCUT2D eigenvalue weighted by atomic mass is 10.0. The molecule has 0 bridgehead atoms. The summed E-state index contributed by atoms with van der Waals surface area (Å²) < 4.78 is 4.92. The summed E-state index contributed by atoms with van der Waals surface area (Å²) >= 11 is 0. The van der Waals surface area contributed by atoms with Crippen molar-refractivity contribution in [1.82, 2.24) is 0 Å². The molecule has 0 aromatic carbocycles. The Hall–Kier alpha value is -0.610. The highest BCUT2D eigenvalue weighted by Gasteiger charge is 2.26. The normalized spacial score (nSPS) is 31.6. The van der Waals surface area contributed by atoms with E-state index in [4.69, 9.17) is 15.6 Å². The fourth-order valence-corrected chi connectivity index (χ4v) is 1.22. The smallest absolute Gasteiger partial charge is 0.308 e. The van der Waals surface area contributed by atoms with E-state index < -0.39 is 6.10 Å². The Morgan fingerprint density at radius 2 is 2.45 bits per heavy atom. The van der Waals surface area contributed by atoms with Crippen molar-refractivity contribution in [2.24, 2.45) is 5.73 Å². The van der Waals surface area contributed by atoms with Crippen molar-refractivity contribution < 1.29 is 14.6 Å². The molecule has 0 amide bonds. The van der Waals surface area contributed by atoms with E-state index in [1.54, 1.807) is 0 Å². The van der Waals surface area contributed by atoms with Crippen LogP contribution in [-0.4, -0.2) is 29.8 Å². The van der Waals surface area contributed by atoms with Crippen LogP contribution in [0.4, 0.5) is 0 Å². The van der Waals surface area contributed by atoms with Gasteiger partial charge in [0, 0.05) is 6.42 Å². The van der Waals surface area contributed by atoms with Crippen LogP contribution in [0.3, 0.4) is 0 Å². The highest BCUT2D eigenvalue weighted by Crippen LogP contribution is 2.16. The summed E-state index contributed by atoms with van der Waals surface area (Å²) in [5, 5.41) is 9.13. The molecule has 4 nitrogen and oxygen atoms in total. The Balaban J connectivity index is 2.36. The number of carbonyl (C=O) groups excluding carboxylic acids is 1. The molecule has 0 spiro atoms. The molecule has 4 heteroatoms. The van der Waals surface area contributed by atoms with Crippen LogP contribution in [0.5, 0.6) is 0 Å². The number of carbonyl (C=O) groups is 1. The summed E-state index contributed by atoms with van der Waals surface area (Å²) in [5.41, 5.74) is 5.28. The molecule has 0 saturated carbocycles. The molecule has 1 aliphatic rings. The molecule has 1 fully saturated rings. The first-order valence-corrected chi connectivity index (χ1v) is 3.80. The lowest BCUT2D eigenvalue weighted by Crippen LogP contribution is -2.33. The van der Waals surface area contributed by atoms with Crippen LogP contribution in [0.2, 0.25) is 0 Å². The van der Waals surface area contributed by atoms with Crippen molar-refractivity contribution in [3.05, 3.63) is 0 Å². The molecule has 2 atom stereocenters. The third-order valence-corrected chi connectivity index (χ3v) is 1.72. The Bertz CT molecular complexity index is 149. The lowest BCUT2D eigenvalue weighted by Gasteiger charge is -2.25. The van der Waals surface area contributed by atoms with Crippen molar-refractivity contribution >= 4 is 5.97 Å². The Morgan fingerprint density at radius 3 is 3.00 bits per heavy atom. The van der Waals surface area contributed by atoms with Crippen molar-refractivity contribution in [2.75, 3.05) is 6.54 Å². The van der Waals surface area contributed by atoms with E-state index in [1.807, 2.05) is 0 Å². The van der Waals surface area contributed by atoms with Crippen LogP contribution < -0.4 is 5.73 Å². The molecule has 0 aliphatic carbocycles. The zero-order valence-electron chi connectivity index (χ0n) is 6.32. The Labute approximate surface area is 65.3 Å². The second kappa shape index (κ2) is 3.69. The summed E-state index contributed by atoms with van der Waals surface area (Å²) in [4.78, 5) is 10.7. The molecular formula is C7H13NO3. The van der Waals surface area contributed by atoms with Crippen molar-refractivity contribution in [3.63, 3.8) is 0 Å². The predicted molar refractivity (Wildman–Crippen MR) is 38.8 cm³/mol. The first-order chi connectivity index (χ1) is 5.22. The fourth-order valence-electron chi connectivity index (χ4n) is 1.22. The first-order valence-electron chi connectivity index (χ1n) is 3.80. The van der Waals surface area contributed by atoms with E-state index in [1.165, 1.54) is 0 Å². The van der Waals surface area contributed by atoms with Crippen LogP contribution in [-0.2, 0) is 9.53 Å². The first kappa shape index (κ1) is 8.49. The number of esters is 1. The standard InChI is InChI=1S/C7H13NO3/c8-2-1-6-3-5(9)4-7(10)11-6/h5-6,9H,1-4,8H2. The van der Waals surface area contributed by atoms with E-state index in [0.717, 1.165) is 0 Å². The van der Waals surface area contributed by atoms with Gasteiger partial charge in [-0.3, -0.25) is 4.79 Å². The molecule has 2 unspecified atom stereocenters. The van der Waals surface area contributed by atoms with Gasteiger partial charge in [-0.05, 0) is 13.0 Å². The van der Waals surface area contributed by atoms with Gasteiger partial charge >= 0.3 is 5.97 Å². The highest BCUT2D eigenvalue weighted by molar-refractivity contribution is 5.70. The largest absolute Gasteiger partial charge is 0.462 e. The van der Waals surface area contributed by atoms with E-state index in [9.17, 15) is 4.79 Å². The van der Waals surface area contributed by atoms with E-state index in [0.29, 0.717) is 19.4 Å². The van der Waals surface area contributed by atoms with Gasteiger partial charge in [0.25, 0.3) is 0 Å². The van der Waals surface area contributed by atoms with Crippen LogP contribution in [0.25, 0.3) is 0 Å². The molecule has 11 heavy (non-hydrogen) atoms. The van der Waals surface area contributed by atoms with Gasteiger partial charge in [-0.25, -0.2) is 0 Å². The minimum atomic E-state index is -0.534. The number of ether oxygens (including phenoxy) is 1. The predicted octanol–water partition coefficient (Wildman–Crippen LogP) is -0.598. The van der Waals surface area contributed by atoms with Crippen LogP contribution in [0, 0.1) is 0 Å². The van der Waals surface area contributed by atoms with Crippen molar-refractivity contribution in [3.8, 4) is 0 Å². The van der Waals surface area contributed by atoms with Crippen LogP contribution in [0.15, 0.2) is 0 Å². The molecule has 0 aromatic heterocycles. The van der Waals surface area contributed by atoms with Crippen LogP contribution in [0.1, 0.15) is 19.3 Å². The molecule has 3 N–H and O–H groups in total. The Kier molecular flexibility index (Phi) is 2.84. The molecule has 0 radical (unpaired) electrons. The molecular weight excluding hydrogens is 146 g/mol. The third kappa shape index (κ3) is 2.48. The lowest BCUT2D eigenvalue weighted by molar-refractivity contribution is -0.160. The number of aliphatic hydroxyl groups is 1. The van der Waals surface area contributed by atoms with Gasteiger partial charge < -0.3 is 15.6 Å². The molecule has 64 valence electrons. The zero-order chi connectivity index (χ0) is 8.27. The van der Waals surface area contributed by atoms with Gasteiger partial charge in [-0.2, -0.15) is 0 Å². The Morgan fingerprint density at radius 1 is 1.73 bits per heavy atom. The third-order valence-electron chi connectivity index (χ3n) is 1.72. The number of hydrogen-bond donors (Lipinski definition) is 2. The van der Waals surface area contributed by atoms with E-state index in [-0.39, 0.29) is 18.5 Å². The van der Waals surface area contributed by atoms with Gasteiger partial charge in [0.2, 0.25) is 0 Å². The SMILES string of the molecule is NCCC1CC(O)CC(=O)O1. The number of nitrogens with two attached hydrogens (primary N) is 1. The highest BCUT2D eigenvalue weighted by atomic mass is 16.5. The monoisotopic (exact) mass is 159 g/mol. The molecule has 1 aliphatic heterocycles. The fraction of sp³-hybridized carbons (Fsp3) is 0.857. The maximum Gasteiger partial charge on any atom is 0.308 e. The van der Waals surface area contributed by atoms with Gasteiger partial charge in [0.05, 0.1) is 12.5 Å². The maximum atomic E-state index is 10.7. The molecule has 1 saturated heterocycles. The molecule has 1 rings (SSSR count). The van der Waals surface area contributed by atoms with Gasteiger partial charge in [0.1, 0.15) is 6.10 Å². The number of hydrogen-bond acceptors (Lipinski definition) is 4. The van der Waals surface area contributed by atoms with Gasteiger partial charge in [-0.15, -0.1) is 0 Å². The molecule has 0 aromatic rings. The van der Waals surface area contributed by atoms with E-state index >= 15 is 0 Å². The van der Waals surface area contributed by atoms with E-state index in [2.05, 4.69) is 0 Å². The number of rotatable bonds is 2. The average Bonchev–Trinajstić information content (AvgIpc) is 1.85. The summed E-state index contributed by atoms with van der Waals surface area (Å²) in [6.45, 7) is 0.491. The summed E-state index contributed by atoms with van der Waals surface area (Å²) in [6, 6.07) is 0. The summed E-state index contributed by atoms with van der Waals surface area (Å²) in [7, 11) is 0. The number of aliphatic hydroxyl groups excluding tert-OH is 1. The van der Waals surface area contributed by atoms with Crippen molar-refractivity contribution in [1.29, 1.82) is 0 Å². The van der Waals surface area contributed by atoms with Gasteiger partial charge in [0.15, 0.2) is 0 Å². The molecule has 1 heterocycles. The maximum absolute atomic E-state index is 10.7. The second-order valence-electron chi connectivity index (χ2n) is 2.78. The quantitative estimate of drug-likeness (QED) is 0.528. The van der Waals surface area contributed by atoms with Crippen LogP contribution >= 0.6 is 0 Å².